The van der Waals surface area contributed by atoms with Crippen molar-refractivity contribution >= 4 is 51.1 Å². The number of benzene rings is 1. The van der Waals surface area contributed by atoms with E-state index in [4.69, 9.17) is 33.7 Å². The summed E-state index contributed by atoms with van der Waals surface area (Å²) in [5, 5.41) is 10.2. The van der Waals surface area contributed by atoms with Gasteiger partial charge < -0.3 is 38.8 Å². The van der Waals surface area contributed by atoms with Gasteiger partial charge in [-0.15, -0.1) is 0 Å². The van der Waals surface area contributed by atoms with E-state index in [0.717, 1.165) is 81.3 Å². The van der Waals surface area contributed by atoms with Crippen LogP contribution in [0.25, 0.3) is 33.2 Å². The molecule has 8 bridgehead atoms. The van der Waals surface area contributed by atoms with E-state index in [-0.39, 0.29) is 48.7 Å². The zero-order valence-corrected chi connectivity index (χ0v) is 41.5. The summed E-state index contributed by atoms with van der Waals surface area (Å²) in [5.74, 6) is 1.17. The highest BCUT2D eigenvalue weighted by Gasteiger charge is 2.55. The van der Waals surface area contributed by atoms with Crippen molar-refractivity contribution in [1.29, 1.82) is 0 Å². The van der Waals surface area contributed by atoms with Crippen molar-refractivity contribution in [3.8, 4) is 5.75 Å². The summed E-state index contributed by atoms with van der Waals surface area (Å²) < 4.78 is 29.2. The number of aryl methyl sites for hydroxylation is 4. The highest BCUT2D eigenvalue weighted by molar-refractivity contribution is 5.94. The summed E-state index contributed by atoms with van der Waals surface area (Å²) in [6.07, 6.45) is 8.18. The van der Waals surface area contributed by atoms with Crippen LogP contribution in [0.3, 0.4) is 0 Å². The molecule has 0 amide bonds. The number of aromatic hydroxyl groups is 1. The van der Waals surface area contributed by atoms with E-state index in [1.54, 1.807) is 0 Å². The monoisotopic (exact) mass is 940 g/mol. The number of methoxy groups -OCH3 is 3. The van der Waals surface area contributed by atoms with Crippen molar-refractivity contribution < 1.29 is 43.2 Å². The molecule has 9 rings (SSSR count). The minimum absolute atomic E-state index is 0.0202. The standard InChI is InChI=1S/C56H68N4O9/c1-31-24-35-26-44-32(2)37(14-18-51(62)65-6)46(58-44)28-47-38(15-19-52(63)66-7)33(3)45(59-47)29-49-56(5,30-53(64)67-8)54(48(60-49)27-43(31)57-35)69-23-9-22-68-50-17-16-42-41-12-10-34-25-36(61)11-13-39(34)40(41)20-21-55(42,50)4/h11,13,24-29,40-42,50,54,57,59,61H,9-10,12,14-23,30H2,1-8H3/t40-,41-,42+,50+,54-,55+,56-/m1/s1. The predicted molar refractivity (Wildman–Crippen MR) is 264 cm³/mol. The fourth-order valence-electron chi connectivity index (χ4n) is 12.7. The van der Waals surface area contributed by atoms with E-state index in [1.165, 1.54) is 45.3 Å². The Morgan fingerprint density at radius 3 is 2.29 bits per heavy atom. The average Bonchev–Trinajstić information content (AvgIpc) is 4.09. The Labute approximate surface area is 404 Å². The highest BCUT2D eigenvalue weighted by atomic mass is 16.5. The first-order valence-electron chi connectivity index (χ1n) is 24.8. The van der Waals surface area contributed by atoms with E-state index in [2.05, 4.69) is 29.0 Å². The number of hydrogen-bond donors (Lipinski definition) is 3. The number of hydrogen-bond acceptors (Lipinski definition) is 11. The highest BCUT2D eigenvalue weighted by Crippen LogP contribution is 2.61. The number of H-pyrrole nitrogens is 2. The number of aromatic nitrogens is 4. The SMILES string of the molecule is COC(=O)CCC1=C(C)c2cc3cc(C)c(cc4nc(cc5[nH]c(cc1n2)c(CCC(=O)OC)c5C)[C@@](C)(CC(=O)OC)[C@@H]4OCCCO[C@H]1CC[C@H]2[C@@H]4CCc5cc(O)ccc5[C@H]4CC[C@]12C)[nH]3. The lowest BCUT2D eigenvalue weighted by atomic mass is 9.55. The number of carbonyl (C=O) groups excluding carboxylic acids is 3. The molecular weight excluding hydrogens is 873 g/mol. The summed E-state index contributed by atoms with van der Waals surface area (Å²) in [7, 11) is 4.18. The molecule has 3 aliphatic carbocycles. The Hall–Kier alpha value is -5.79. The van der Waals surface area contributed by atoms with Crippen molar-refractivity contribution in [2.45, 2.75) is 135 Å². The van der Waals surface area contributed by atoms with Gasteiger partial charge in [0.25, 0.3) is 0 Å². The van der Waals surface area contributed by atoms with Gasteiger partial charge in [-0.3, -0.25) is 19.4 Å². The molecule has 7 atom stereocenters. The smallest absolute Gasteiger partial charge is 0.306 e. The Balaban J connectivity index is 1.04. The van der Waals surface area contributed by atoms with Crippen LogP contribution in [0, 0.1) is 31.1 Å². The molecule has 5 heterocycles. The van der Waals surface area contributed by atoms with E-state index in [0.29, 0.717) is 73.1 Å². The maximum absolute atomic E-state index is 13.4. The molecule has 1 aromatic carbocycles. The minimum Gasteiger partial charge on any atom is -0.508 e. The molecule has 3 N–H and O–H groups in total. The number of allylic oxidation sites excluding steroid dienone is 2. The molecule has 0 spiro atoms. The molecule has 4 aromatic rings. The molecule has 0 unspecified atom stereocenters. The summed E-state index contributed by atoms with van der Waals surface area (Å²) in [5.41, 5.74) is 12.8. The first kappa shape index (κ1) is 48.2. The number of ether oxygens (including phenoxy) is 5. The van der Waals surface area contributed by atoms with Crippen LogP contribution in [0.1, 0.15) is 148 Å². The van der Waals surface area contributed by atoms with Crippen LogP contribution >= 0.6 is 0 Å². The van der Waals surface area contributed by atoms with Crippen LogP contribution in [0.4, 0.5) is 0 Å². The molecule has 3 aromatic heterocycles. The number of aromatic amines is 2. The van der Waals surface area contributed by atoms with E-state index in [9.17, 15) is 19.5 Å². The Morgan fingerprint density at radius 2 is 1.52 bits per heavy atom. The Bertz CT molecular complexity index is 2860. The minimum atomic E-state index is -0.932. The van der Waals surface area contributed by atoms with Crippen LogP contribution in [-0.2, 0) is 56.3 Å². The van der Waals surface area contributed by atoms with Gasteiger partial charge in [0.2, 0.25) is 0 Å². The average molecular weight is 941 g/mol. The maximum Gasteiger partial charge on any atom is 0.306 e. The second-order valence-corrected chi connectivity index (χ2v) is 20.6. The first-order chi connectivity index (χ1) is 33.1. The largest absolute Gasteiger partial charge is 0.508 e. The molecule has 2 saturated carbocycles. The number of phenols is 1. The predicted octanol–water partition coefficient (Wildman–Crippen LogP) is 10.5. The lowest BCUT2D eigenvalue weighted by Crippen LogP contribution is -2.44. The van der Waals surface area contributed by atoms with Gasteiger partial charge in [0, 0.05) is 48.1 Å². The van der Waals surface area contributed by atoms with Gasteiger partial charge in [0.1, 0.15) is 11.9 Å². The normalized spacial score (nSPS) is 24.9. The Morgan fingerprint density at radius 1 is 0.768 bits per heavy atom. The molecule has 2 aliphatic heterocycles. The van der Waals surface area contributed by atoms with Crippen molar-refractivity contribution in [3.63, 3.8) is 0 Å². The van der Waals surface area contributed by atoms with Crippen molar-refractivity contribution in [2.75, 3.05) is 34.5 Å². The molecule has 366 valence electrons. The van der Waals surface area contributed by atoms with Gasteiger partial charge in [-0.2, -0.15) is 0 Å². The van der Waals surface area contributed by atoms with Gasteiger partial charge >= 0.3 is 17.9 Å². The number of fused-ring (bicyclic) bond motifs is 13. The molecule has 13 heteroatoms. The number of phenolic OH excluding ortho intramolecular Hbond substituents is 1. The molecule has 2 fully saturated rings. The molecule has 13 nitrogen and oxygen atoms in total. The zero-order valence-electron chi connectivity index (χ0n) is 41.5. The van der Waals surface area contributed by atoms with Crippen LogP contribution in [-0.4, -0.2) is 83.6 Å². The maximum atomic E-state index is 13.4. The topological polar surface area (TPSA) is 175 Å². The second-order valence-electron chi connectivity index (χ2n) is 20.6. The molecule has 0 radical (unpaired) electrons. The molecule has 5 aliphatic rings. The Kier molecular flexibility index (Phi) is 13.7. The number of nitrogens with zero attached hydrogens (tertiary/aromatic N) is 2. The molecule has 0 saturated heterocycles. The fraction of sp³-hybridized carbons (Fsp3) is 0.518. The van der Waals surface area contributed by atoms with Crippen molar-refractivity contribution in [1.82, 2.24) is 19.9 Å². The fourth-order valence-corrected chi connectivity index (χ4v) is 12.7. The van der Waals surface area contributed by atoms with Gasteiger partial charge in [-0.25, -0.2) is 4.98 Å². The van der Waals surface area contributed by atoms with Gasteiger partial charge in [-0.1, -0.05) is 19.9 Å². The van der Waals surface area contributed by atoms with Crippen LogP contribution in [0.15, 0.2) is 48.5 Å². The molecule has 69 heavy (non-hydrogen) atoms. The third kappa shape index (κ3) is 9.24. The summed E-state index contributed by atoms with van der Waals surface area (Å²) in [6.45, 7) is 11.5. The number of nitrogens with one attached hydrogen (secondary N) is 2. The zero-order chi connectivity index (χ0) is 48.8. The second kappa shape index (κ2) is 19.5. The van der Waals surface area contributed by atoms with Gasteiger partial charge in [-0.05, 0) is 183 Å². The summed E-state index contributed by atoms with van der Waals surface area (Å²) >= 11 is 0. The van der Waals surface area contributed by atoms with Crippen molar-refractivity contribution in [2.24, 2.45) is 17.3 Å². The van der Waals surface area contributed by atoms with E-state index >= 15 is 0 Å². The lowest BCUT2D eigenvalue weighted by Gasteiger charge is -2.50. The number of esters is 3. The lowest BCUT2D eigenvalue weighted by molar-refractivity contribution is -0.144. The van der Waals surface area contributed by atoms with Crippen LogP contribution in [0.5, 0.6) is 5.75 Å². The summed E-state index contributed by atoms with van der Waals surface area (Å²) in [6, 6.07) is 16.1. The summed E-state index contributed by atoms with van der Waals surface area (Å²) in [4.78, 5) is 56.1. The third-order valence-electron chi connectivity index (χ3n) is 16.6. The quantitative estimate of drug-likeness (QED) is 0.0623. The van der Waals surface area contributed by atoms with Gasteiger partial charge in [0.05, 0.1) is 62.0 Å². The number of rotatable bonds is 14. The third-order valence-corrected chi connectivity index (χ3v) is 16.6. The first-order valence-corrected chi connectivity index (χ1v) is 24.8. The van der Waals surface area contributed by atoms with Crippen LogP contribution in [0.2, 0.25) is 0 Å². The molecular formula is C56H68N4O9. The number of carbonyl (C=O) groups is 3. The van der Waals surface area contributed by atoms with Crippen LogP contribution < -0.4 is 0 Å². The van der Waals surface area contributed by atoms with E-state index in [1.807, 2.05) is 64.1 Å². The van der Waals surface area contributed by atoms with Gasteiger partial charge in [0.15, 0.2) is 0 Å². The van der Waals surface area contributed by atoms with E-state index < -0.39 is 11.5 Å². The van der Waals surface area contributed by atoms with Crippen molar-refractivity contribution in [3.05, 3.63) is 99.1 Å².